The van der Waals surface area contributed by atoms with E-state index < -0.39 is 5.41 Å². The molecule has 2 rings (SSSR count). The summed E-state index contributed by atoms with van der Waals surface area (Å²) in [6.45, 7) is 10.2. The average Bonchev–Trinajstić information content (AvgIpc) is 2.54. The van der Waals surface area contributed by atoms with Crippen molar-refractivity contribution >= 4 is 17.7 Å². The molecule has 0 aliphatic heterocycles. The quantitative estimate of drug-likeness (QED) is 0.735. The molecule has 0 heterocycles. The van der Waals surface area contributed by atoms with Gasteiger partial charge < -0.3 is 5.32 Å². The van der Waals surface area contributed by atoms with Gasteiger partial charge in [-0.15, -0.1) is 11.8 Å². The van der Waals surface area contributed by atoms with Gasteiger partial charge in [0.15, 0.2) is 0 Å². The Labute approximate surface area is 150 Å². The van der Waals surface area contributed by atoms with Gasteiger partial charge in [-0.3, -0.25) is 4.79 Å². The van der Waals surface area contributed by atoms with E-state index in [1.54, 1.807) is 11.8 Å². The number of amides is 1. The summed E-state index contributed by atoms with van der Waals surface area (Å²) in [6, 6.07) is 18.4. The first-order chi connectivity index (χ1) is 11.2. The number of rotatable bonds is 6. The molecule has 2 aromatic rings. The van der Waals surface area contributed by atoms with Crippen LogP contribution in [0.25, 0.3) is 0 Å². The zero-order valence-electron chi connectivity index (χ0n) is 15.2. The van der Waals surface area contributed by atoms with E-state index >= 15 is 0 Å². The van der Waals surface area contributed by atoms with Gasteiger partial charge >= 0.3 is 0 Å². The summed E-state index contributed by atoms with van der Waals surface area (Å²) >= 11 is 1.74. The fourth-order valence-electron chi connectivity index (χ4n) is 2.42. The Balaban J connectivity index is 2.03. The van der Waals surface area contributed by atoms with Crippen molar-refractivity contribution in [1.29, 1.82) is 0 Å². The molecule has 0 saturated heterocycles. The third kappa shape index (κ3) is 4.64. The minimum atomic E-state index is -0.445. The molecule has 0 radical (unpaired) electrons. The van der Waals surface area contributed by atoms with Crippen LogP contribution in [0.4, 0.5) is 0 Å². The average molecular weight is 342 g/mol. The van der Waals surface area contributed by atoms with Gasteiger partial charge in [-0.05, 0) is 38.0 Å². The molecule has 0 fully saturated rings. The molecular weight excluding hydrogens is 314 g/mol. The molecule has 24 heavy (non-hydrogen) atoms. The van der Waals surface area contributed by atoms with Crippen molar-refractivity contribution in [2.24, 2.45) is 5.41 Å². The molecule has 3 heteroatoms. The fraction of sp³-hybridized carbons (Fsp3) is 0.381. The normalized spacial score (nSPS) is 12.0. The molecule has 128 valence electrons. The first-order valence-electron chi connectivity index (χ1n) is 8.29. The SMILES string of the molecule is Cc1ccccc1SCC(C)(C)C(=O)NC(C)(C)c1ccccc1. The fourth-order valence-corrected chi connectivity index (χ4v) is 3.54. The first kappa shape index (κ1) is 18.6. The molecule has 2 aromatic carbocycles. The van der Waals surface area contributed by atoms with E-state index in [-0.39, 0.29) is 11.4 Å². The van der Waals surface area contributed by atoms with Crippen LogP contribution < -0.4 is 5.32 Å². The topological polar surface area (TPSA) is 29.1 Å². The summed E-state index contributed by atoms with van der Waals surface area (Å²) in [6.07, 6.45) is 0. The molecule has 2 nitrogen and oxygen atoms in total. The van der Waals surface area contributed by atoms with Crippen molar-refractivity contribution in [3.05, 3.63) is 65.7 Å². The van der Waals surface area contributed by atoms with Crippen LogP contribution in [0.2, 0.25) is 0 Å². The summed E-state index contributed by atoms with van der Waals surface area (Å²) < 4.78 is 0. The predicted octanol–water partition coefficient (Wildman–Crippen LogP) is 5.16. The van der Waals surface area contributed by atoms with Crippen LogP contribution in [0.15, 0.2) is 59.5 Å². The summed E-state index contributed by atoms with van der Waals surface area (Å²) in [5, 5.41) is 3.21. The second-order valence-electron chi connectivity index (χ2n) is 7.38. The maximum atomic E-state index is 12.8. The third-order valence-corrected chi connectivity index (χ3v) is 5.85. The van der Waals surface area contributed by atoms with Gasteiger partial charge in [0.05, 0.1) is 11.0 Å². The minimum Gasteiger partial charge on any atom is -0.347 e. The van der Waals surface area contributed by atoms with Crippen molar-refractivity contribution in [3.63, 3.8) is 0 Å². The van der Waals surface area contributed by atoms with Crippen LogP contribution in [-0.2, 0) is 10.3 Å². The maximum absolute atomic E-state index is 12.8. The van der Waals surface area contributed by atoms with Crippen LogP contribution >= 0.6 is 11.8 Å². The lowest BCUT2D eigenvalue weighted by atomic mass is 9.89. The largest absolute Gasteiger partial charge is 0.347 e. The van der Waals surface area contributed by atoms with E-state index in [0.717, 1.165) is 11.3 Å². The zero-order valence-corrected chi connectivity index (χ0v) is 16.0. The number of thioether (sulfide) groups is 1. The van der Waals surface area contributed by atoms with Crippen molar-refractivity contribution in [1.82, 2.24) is 5.32 Å². The molecule has 0 atom stereocenters. The molecule has 0 bridgehead atoms. The highest BCUT2D eigenvalue weighted by molar-refractivity contribution is 7.99. The Hall–Kier alpha value is -1.74. The predicted molar refractivity (Wildman–Crippen MR) is 103 cm³/mol. The highest BCUT2D eigenvalue weighted by Crippen LogP contribution is 2.31. The van der Waals surface area contributed by atoms with E-state index in [4.69, 9.17) is 0 Å². The molecule has 1 N–H and O–H groups in total. The lowest BCUT2D eigenvalue weighted by Gasteiger charge is -2.32. The van der Waals surface area contributed by atoms with Gasteiger partial charge in [-0.25, -0.2) is 0 Å². The molecule has 1 amide bonds. The molecule has 0 saturated carbocycles. The number of carbonyl (C=O) groups excluding carboxylic acids is 1. The summed E-state index contributed by atoms with van der Waals surface area (Å²) in [5.74, 6) is 0.826. The van der Waals surface area contributed by atoms with Gasteiger partial charge in [-0.1, -0.05) is 62.4 Å². The molecule has 0 unspecified atom stereocenters. The monoisotopic (exact) mass is 341 g/mol. The van der Waals surface area contributed by atoms with Crippen molar-refractivity contribution in [3.8, 4) is 0 Å². The van der Waals surface area contributed by atoms with Crippen molar-refractivity contribution in [2.75, 3.05) is 5.75 Å². The summed E-state index contributed by atoms with van der Waals surface area (Å²) in [5.41, 5.74) is 1.53. The Bertz CT molecular complexity index is 692. The summed E-state index contributed by atoms with van der Waals surface area (Å²) in [4.78, 5) is 14.1. The smallest absolute Gasteiger partial charge is 0.227 e. The Kier molecular flexibility index (Phi) is 5.76. The number of hydrogen-bond acceptors (Lipinski definition) is 2. The third-order valence-electron chi connectivity index (χ3n) is 4.22. The molecule has 0 aromatic heterocycles. The highest BCUT2D eigenvalue weighted by atomic mass is 32.2. The van der Waals surface area contributed by atoms with Gasteiger partial charge in [0.25, 0.3) is 0 Å². The first-order valence-corrected chi connectivity index (χ1v) is 9.27. The number of hydrogen-bond donors (Lipinski definition) is 1. The lowest BCUT2D eigenvalue weighted by molar-refractivity contribution is -0.130. The highest BCUT2D eigenvalue weighted by Gasteiger charge is 2.32. The van der Waals surface area contributed by atoms with Crippen LogP contribution in [0.1, 0.15) is 38.8 Å². The van der Waals surface area contributed by atoms with Crippen molar-refractivity contribution < 1.29 is 4.79 Å². The van der Waals surface area contributed by atoms with Crippen LogP contribution in [0.3, 0.4) is 0 Å². The summed E-state index contributed by atoms with van der Waals surface area (Å²) in [7, 11) is 0. The molecular formula is C21H27NOS. The van der Waals surface area contributed by atoms with E-state index in [9.17, 15) is 4.79 Å². The second kappa shape index (κ2) is 7.43. The Morgan fingerprint density at radius 2 is 1.54 bits per heavy atom. The molecule has 0 aliphatic rings. The maximum Gasteiger partial charge on any atom is 0.227 e. The van der Waals surface area contributed by atoms with Crippen LogP contribution in [0.5, 0.6) is 0 Å². The minimum absolute atomic E-state index is 0.0810. The van der Waals surface area contributed by atoms with Crippen molar-refractivity contribution in [2.45, 2.75) is 45.1 Å². The standard InChI is InChI=1S/C21H27NOS/c1-16-11-9-10-14-18(16)24-15-20(2,3)19(23)22-21(4,5)17-12-7-6-8-13-17/h6-14H,15H2,1-5H3,(H,22,23). The van der Waals surface area contributed by atoms with E-state index in [1.807, 2.05) is 58.0 Å². The lowest BCUT2D eigenvalue weighted by Crippen LogP contribution is -2.47. The number of nitrogens with one attached hydrogen (secondary N) is 1. The number of carbonyl (C=O) groups is 1. The second-order valence-corrected chi connectivity index (χ2v) is 8.40. The van der Waals surface area contributed by atoms with Crippen LogP contribution in [0, 0.1) is 12.3 Å². The number of benzene rings is 2. The van der Waals surface area contributed by atoms with E-state index in [0.29, 0.717) is 0 Å². The Morgan fingerprint density at radius 1 is 0.958 bits per heavy atom. The molecule has 0 spiro atoms. The molecule has 0 aliphatic carbocycles. The van der Waals surface area contributed by atoms with Gasteiger partial charge in [0, 0.05) is 10.6 Å². The van der Waals surface area contributed by atoms with Gasteiger partial charge in [0.1, 0.15) is 0 Å². The van der Waals surface area contributed by atoms with E-state index in [2.05, 4.69) is 36.5 Å². The zero-order chi connectivity index (χ0) is 17.8. The van der Waals surface area contributed by atoms with Gasteiger partial charge in [0.2, 0.25) is 5.91 Å². The Morgan fingerprint density at radius 3 is 2.17 bits per heavy atom. The van der Waals surface area contributed by atoms with E-state index in [1.165, 1.54) is 10.5 Å². The van der Waals surface area contributed by atoms with Gasteiger partial charge in [-0.2, -0.15) is 0 Å². The number of aryl methyl sites for hydroxylation is 1. The van der Waals surface area contributed by atoms with Crippen LogP contribution in [-0.4, -0.2) is 11.7 Å².